The third kappa shape index (κ3) is 2.15. The Bertz CT molecular complexity index is 686. The van der Waals surface area contributed by atoms with Gasteiger partial charge in [-0.15, -0.1) is 0 Å². The highest BCUT2D eigenvalue weighted by Crippen LogP contribution is 2.50. The molecule has 0 unspecified atom stereocenters. The fraction of sp³-hybridized carbons (Fsp3) is 0.333. The van der Waals surface area contributed by atoms with Crippen LogP contribution in [0.2, 0.25) is 0 Å². The molecule has 4 rings (SSSR count). The van der Waals surface area contributed by atoms with E-state index in [9.17, 15) is 4.39 Å². The number of rotatable bonds is 2. The van der Waals surface area contributed by atoms with Gasteiger partial charge < -0.3 is 14.8 Å². The van der Waals surface area contributed by atoms with Crippen molar-refractivity contribution in [3.63, 3.8) is 0 Å². The Morgan fingerprint density at radius 1 is 1.18 bits per heavy atom. The van der Waals surface area contributed by atoms with Gasteiger partial charge in [0, 0.05) is 23.8 Å². The van der Waals surface area contributed by atoms with E-state index in [1.807, 2.05) is 30.3 Å². The molecule has 114 valence electrons. The highest BCUT2D eigenvalue weighted by Gasteiger charge is 2.41. The molecular formula is C18H18FNO2. The van der Waals surface area contributed by atoms with Crippen molar-refractivity contribution in [3.8, 4) is 5.75 Å². The summed E-state index contributed by atoms with van der Waals surface area (Å²) < 4.78 is 24.5. The van der Waals surface area contributed by atoms with Crippen molar-refractivity contribution in [1.29, 1.82) is 0 Å². The number of ether oxygens (including phenoxy) is 2. The van der Waals surface area contributed by atoms with Gasteiger partial charge in [-0.1, -0.05) is 12.1 Å². The minimum atomic E-state index is -0.205. The van der Waals surface area contributed by atoms with Crippen LogP contribution in [0.15, 0.2) is 42.5 Å². The lowest BCUT2D eigenvalue weighted by Gasteiger charge is -2.36. The summed E-state index contributed by atoms with van der Waals surface area (Å²) in [7, 11) is 1.67. The first-order valence-electron chi connectivity index (χ1n) is 7.58. The molecule has 0 amide bonds. The lowest BCUT2D eigenvalue weighted by atomic mass is 9.81. The van der Waals surface area contributed by atoms with Gasteiger partial charge in [0.15, 0.2) is 0 Å². The minimum Gasteiger partial charge on any atom is -0.497 e. The fourth-order valence-electron chi connectivity index (χ4n) is 3.58. The Hall–Kier alpha value is -2.07. The monoisotopic (exact) mass is 299 g/mol. The number of halogens is 1. The molecule has 2 aromatic rings. The molecule has 0 aromatic heterocycles. The van der Waals surface area contributed by atoms with Crippen LogP contribution in [-0.4, -0.2) is 13.7 Å². The summed E-state index contributed by atoms with van der Waals surface area (Å²) in [6.45, 7) is 0.755. The molecule has 0 spiro atoms. The average molecular weight is 299 g/mol. The summed E-state index contributed by atoms with van der Waals surface area (Å²) >= 11 is 0. The van der Waals surface area contributed by atoms with E-state index in [1.54, 1.807) is 7.11 Å². The second kappa shape index (κ2) is 5.29. The Morgan fingerprint density at radius 3 is 2.77 bits per heavy atom. The van der Waals surface area contributed by atoms with Crippen molar-refractivity contribution in [1.82, 2.24) is 0 Å². The van der Waals surface area contributed by atoms with Crippen LogP contribution in [-0.2, 0) is 4.74 Å². The SMILES string of the molecule is COc1ccc2c(c1)[C@H]1OCC[C@H]1[C@H](c1ccc(F)cc1)N2. The molecule has 0 saturated carbocycles. The molecule has 4 heteroatoms. The minimum absolute atomic E-state index is 0.0707. The van der Waals surface area contributed by atoms with Gasteiger partial charge in [-0.2, -0.15) is 0 Å². The van der Waals surface area contributed by atoms with E-state index in [0.717, 1.165) is 35.6 Å². The molecule has 3 nitrogen and oxygen atoms in total. The predicted octanol–water partition coefficient (Wildman–Crippen LogP) is 4.08. The third-order valence-electron chi connectivity index (χ3n) is 4.67. The summed E-state index contributed by atoms with van der Waals surface area (Å²) in [5.41, 5.74) is 3.32. The predicted molar refractivity (Wildman–Crippen MR) is 82.6 cm³/mol. The zero-order chi connectivity index (χ0) is 15.1. The maximum Gasteiger partial charge on any atom is 0.123 e. The molecule has 0 aliphatic carbocycles. The van der Waals surface area contributed by atoms with Crippen LogP contribution >= 0.6 is 0 Å². The summed E-state index contributed by atoms with van der Waals surface area (Å²) in [5.74, 6) is 0.990. The van der Waals surface area contributed by atoms with Gasteiger partial charge in [0.2, 0.25) is 0 Å². The molecular weight excluding hydrogens is 281 g/mol. The highest BCUT2D eigenvalue weighted by molar-refractivity contribution is 5.59. The van der Waals surface area contributed by atoms with Crippen molar-refractivity contribution < 1.29 is 13.9 Å². The van der Waals surface area contributed by atoms with E-state index in [4.69, 9.17) is 9.47 Å². The van der Waals surface area contributed by atoms with Gasteiger partial charge >= 0.3 is 0 Å². The normalized spacial score (nSPS) is 26.0. The van der Waals surface area contributed by atoms with E-state index in [1.165, 1.54) is 12.1 Å². The van der Waals surface area contributed by atoms with E-state index in [-0.39, 0.29) is 18.0 Å². The molecule has 3 atom stereocenters. The number of hydrogen-bond acceptors (Lipinski definition) is 3. The maximum absolute atomic E-state index is 13.2. The number of nitrogens with one attached hydrogen (secondary N) is 1. The number of fused-ring (bicyclic) bond motifs is 3. The number of methoxy groups -OCH3 is 1. The van der Waals surface area contributed by atoms with Crippen molar-refractivity contribution in [2.24, 2.45) is 5.92 Å². The Kier molecular flexibility index (Phi) is 3.26. The van der Waals surface area contributed by atoms with Crippen LogP contribution in [0, 0.1) is 11.7 Å². The van der Waals surface area contributed by atoms with Gasteiger partial charge in [0.25, 0.3) is 0 Å². The molecule has 1 saturated heterocycles. The van der Waals surface area contributed by atoms with E-state index >= 15 is 0 Å². The highest BCUT2D eigenvalue weighted by atomic mass is 19.1. The zero-order valence-electron chi connectivity index (χ0n) is 12.4. The van der Waals surface area contributed by atoms with E-state index in [0.29, 0.717) is 5.92 Å². The number of anilines is 1. The van der Waals surface area contributed by atoms with Crippen molar-refractivity contribution in [2.45, 2.75) is 18.6 Å². The first-order valence-corrected chi connectivity index (χ1v) is 7.58. The van der Waals surface area contributed by atoms with Crippen molar-refractivity contribution >= 4 is 5.69 Å². The molecule has 1 fully saturated rings. The van der Waals surface area contributed by atoms with Crippen LogP contribution in [0.5, 0.6) is 5.75 Å². The lowest BCUT2D eigenvalue weighted by Crippen LogP contribution is -2.29. The molecule has 2 aromatic carbocycles. The lowest BCUT2D eigenvalue weighted by molar-refractivity contribution is 0.0827. The molecule has 2 aliphatic rings. The topological polar surface area (TPSA) is 30.5 Å². The smallest absolute Gasteiger partial charge is 0.123 e. The van der Waals surface area contributed by atoms with Gasteiger partial charge in [0.1, 0.15) is 11.6 Å². The fourth-order valence-corrected chi connectivity index (χ4v) is 3.58. The summed E-state index contributed by atoms with van der Waals surface area (Å²) in [6, 6.07) is 12.9. The Labute approximate surface area is 129 Å². The second-order valence-corrected chi connectivity index (χ2v) is 5.87. The molecule has 22 heavy (non-hydrogen) atoms. The first kappa shape index (κ1) is 13.6. The standard InChI is InChI=1S/C18H18FNO2/c1-21-13-6-7-16-15(10-13)18-14(8-9-22-18)17(20-16)11-2-4-12(19)5-3-11/h2-7,10,14,17-18,20H,8-9H2,1H3/t14-,17-,18-/m0/s1. The van der Waals surface area contributed by atoms with Crippen molar-refractivity contribution in [3.05, 3.63) is 59.4 Å². The molecule has 1 N–H and O–H groups in total. The van der Waals surface area contributed by atoms with E-state index in [2.05, 4.69) is 5.32 Å². The maximum atomic E-state index is 13.2. The molecule has 0 bridgehead atoms. The van der Waals surface area contributed by atoms with E-state index < -0.39 is 0 Å². The van der Waals surface area contributed by atoms with Crippen LogP contribution in [0.25, 0.3) is 0 Å². The molecule has 2 aliphatic heterocycles. The molecule has 2 heterocycles. The summed E-state index contributed by atoms with van der Waals surface area (Å²) in [4.78, 5) is 0. The first-order chi connectivity index (χ1) is 10.8. The van der Waals surface area contributed by atoms with Crippen LogP contribution < -0.4 is 10.1 Å². The molecule has 0 radical (unpaired) electrons. The largest absolute Gasteiger partial charge is 0.497 e. The summed E-state index contributed by atoms with van der Waals surface area (Å²) in [5, 5.41) is 3.60. The average Bonchev–Trinajstić information content (AvgIpc) is 3.04. The van der Waals surface area contributed by atoms with Crippen LogP contribution in [0.4, 0.5) is 10.1 Å². The van der Waals surface area contributed by atoms with Crippen molar-refractivity contribution in [2.75, 3.05) is 19.0 Å². The third-order valence-corrected chi connectivity index (χ3v) is 4.67. The van der Waals surface area contributed by atoms with Crippen LogP contribution in [0.1, 0.15) is 29.7 Å². The quantitative estimate of drug-likeness (QED) is 0.906. The number of benzene rings is 2. The Morgan fingerprint density at radius 2 is 2.00 bits per heavy atom. The Balaban J connectivity index is 1.75. The number of hydrogen-bond donors (Lipinski definition) is 1. The van der Waals surface area contributed by atoms with Gasteiger partial charge in [-0.05, 0) is 42.3 Å². The van der Waals surface area contributed by atoms with Gasteiger partial charge in [-0.3, -0.25) is 0 Å². The second-order valence-electron chi connectivity index (χ2n) is 5.87. The summed E-state index contributed by atoms with van der Waals surface area (Å²) in [6.07, 6.45) is 1.07. The van der Waals surface area contributed by atoms with Gasteiger partial charge in [0.05, 0.1) is 19.3 Å². The van der Waals surface area contributed by atoms with Crippen LogP contribution in [0.3, 0.4) is 0 Å². The van der Waals surface area contributed by atoms with Gasteiger partial charge in [-0.25, -0.2) is 4.39 Å². The zero-order valence-corrected chi connectivity index (χ0v) is 12.4.